The second-order valence-electron chi connectivity index (χ2n) is 2.57. The molecule has 1 aromatic rings. The summed E-state index contributed by atoms with van der Waals surface area (Å²) in [5, 5.41) is 7.87. The molecule has 0 atom stereocenters. The molecule has 82 valence electrons. The summed E-state index contributed by atoms with van der Waals surface area (Å²) in [5.74, 6) is -3.28. The summed E-state index contributed by atoms with van der Waals surface area (Å²) < 4.78 is 35.1. The lowest BCUT2D eigenvalue weighted by Crippen LogP contribution is -2.16. The first-order valence-corrected chi connectivity index (χ1v) is 6.04. The van der Waals surface area contributed by atoms with E-state index in [1.165, 1.54) is 0 Å². The predicted octanol–water partition coefficient (Wildman–Crippen LogP) is 0.842. The summed E-state index contributed by atoms with van der Waals surface area (Å²) in [6.07, 6.45) is 0. The van der Waals surface area contributed by atoms with Crippen LogP contribution in [0.1, 0.15) is 0 Å². The number of nitrogens with zero attached hydrogens (tertiary/aromatic N) is 1. The lowest BCUT2D eigenvalue weighted by Gasteiger charge is -2.01. The van der Waals surface area contributed by atoms with Gasteiger partial charge in [0.1, 0.15) is 4.60 Å². The smallest absolute Gasteiger partial charge is 0.319 e. The van der Waals surface area contributed by atoms with Gasteiger partial charge >= 0.3 is 5.97 Å². The first-order chi connectivity index (χ1) is 6.83. The number of carboxylic acids is 1. The molecule has 0 bridgehead atoms. The Morgan fingerprint density at radius 1 is 1.53 bits per heavy atom. The standard InChI is InChI=1S/C7H5BrFNO4S/c8-7-4(9)1-2-5(10-7)15(13,14)3-6(11)12/h1-2H,3H2,(H,11,12). The van der Waals surface area contributed by atoms with Crippen molar-refractivity contribution < 1.29 is 22.7 Å². The van der Waals surface area contributed by atoms with Crippen LogP contribution in [-0.2, 0) is 14.6 Å². The fraction of sp³-hybridized carbons (Fsp3) is 0.143. The summed E-state index contributed by atoms with van der Waals surface area (Å²) in [4.78, 5) is 13.6. The lowest BCUT2D eigenvalue weighted by molar-refractivity contribution is -0.134. The maximum atomic E-state index is 12.7. The van der Waals surface area contributed by atoms with Gasteiger partial charge in [0.25, 0.3) is 0 Å². The quantitative estimate of drug-likeness (QED) is 0.836. The molecule has 0 aliphatic heterocycles. The minimum absolute atomic E-state index is 0.269. The van der Waals surface area contributed by atoms with Crippen molar-refractivity contribution >= 4 is 31.7 Å². The first kappa shape index (κ1) is 12.1. The van der Waals surface area contributed by atoms with Crippen LogP contribution in [0.3, 0.4) is 0 Å². The normalized spacial score (nSPS) is 11.3. The largest absolute Gasteiger partial charge is 0.480 e. The summed E-state index contributed by atoms with van der Waals surface area (Å²) in [6.45, 7) is 0. The zero-order chi connectivity index (χ0) is 11.6. The van der Waals surface area contributed by atoms with Gasteiger partial charge < -0.3 is 5.11 Å². The molecule has 0 fully saturated rings. The molecule has 0 saturated carbocycles. The number of aliphatic carboxylic acids is 1. The maximum Gasteiger partial charge on any atom is 0.319 e. The Balaban J connectivity index is 3.17. The number of sulfone groups is 1. The molecule has 1 aromatic heterocycles. The monoisotopic (exact) mass is 297 g/mol. The summed E-state index contributed by atoms with van der Waals surface area (Å²) in [5.41, 5.74) is 0. The zero-order valence-electron chi connectivity index (χ0n) is 7.15. The van der Waals surface area contributed by atoms with Crippen LogP contribution in [0.5, 0.6) is 0 Å². The second kappa shape index (κ2) is 4.23. The Bertz CT molecular complexity index is 502. The number of pyridine rings is 1. The minimum Gasteiger partial charge on any atom is -0.480 e. The molecule has 0 aliphatic rings. The Morgan fingerprint density at radius 3 is 2.60 bits per heavy atom. The van der Waals surface area contributed by atoms with Crippen LogP contribution in [0, 0.1) is 5.82 Å². The topological polar surface area (TPSA) is 84.3 Å². The average molecular weight is 298 g/mol. The van der Waals surface area contributed by atoms with Gasteiger partial charge in [-0.3, -0.25) is 4.79 Å². The van der Waals surface area contributed by atoms with Crippen molar-refractivity contribution in [3.8, 4) is 0 Å². The van der Waals surface area contributed by atoms with Gasteiger partial charge in [-0.2, -0.15) is 0 Å². The first-order valence-electron chi connectivity index (χ1n) is 3.59. The fourth-order valence-electron chi connectivity index (χ4n) is 0.810. The van der Waals surface area contributed by atoms with Crippen LogP contribution in [0.2, 0.25) is 0 Å². The van der Waals surface area contributed by atoms with Crippen LogP contribution < -0.4 is 0 Å². The van der Waals surface area contributed by atoms with Gasteiger partial charge in [-0.25, -0.2) is 17.8 Å². The van der Waals surface area contributed by atoms with Crippen molar-refractivity contribution in [1.29, 1.82) is 0 Å². The van der Waals surface area contributed by atoms with E-state index in [1.54, 1.807) is 0 Å². The molecule has 0 unspecified atom stereocenters. The maximum absolute atomic E-state index is 12.7. The molecule has 1 rings (SSSR count). The third-order valence-corrected chi connectivity index (χ3v) is 3.46. The van der Waals surface area contributed by atoms with E-state index in [-0.39, 0.29) is 4.60 Å². The minimum atomic E-state index is -4.01. The van der Waals surface area contributed by atoms with E-state index in [2.05, 4.69) is 20.9 Å². The molecule has 5 nitrogen and oxygen atoms in total. The zero-order valence-corrected chi connectivity index (χ0v) is 9.55. The predicted molar refractivity (Wildman–Crippen MR) is 51.6 cm³/mol. The number of halogens is 2. The Morgan fingerprint density at radius 2 is 2.13 bits per heavy atom. The van der Waals surface area contributed by atoms with Crippen LogP contribution >= 0.6 is 15.9 Å². The van der Waals surface area contributed by atoms with Crippen LogP contribution in [0.15, 0.2) is 21.8 Å². The van der Waals surface area contributed by atoms with E-state index in [9.17, 15) is 17.6 Å². The van der Waals surface area contributed by atoms with Crippen LogP contribution in [0.4, 0.5) is 4.39 Å². The molecular weight excluding hydrogens is 293 g/mol. The van der Waals surface area contributed by atoms with Gasteiger partial charge in [-0.15, -0.1) is 0 Å². The molecule has 0 aromatic carbocycles. The molecule has 0 radical (unpaired) electrons. The van der Waals surface area contributed by atoms with E-state index in [1.807, 2.05) is 0 Å². The Labute approximate surface area is 93.0 Å². The van der Waals surface area contributed by atoms with E-state index in [4.69, 9.17) is 5.11 Å². The van der Waals surface area contributed by atoms with Crippen molar-refractivity contribution in [2.24, 2.45) is 0 Å². The third-order valence-electron chi connectivity index (χ3n) is 1.41. The van der Waals surface area contributed by atoms with Gasteiger partial charge in [0.05, 0.1) is 0 Å². The SMILES string of the molecule is O=C(O)CS(=O)(=O)c1ccc(F)c(Br)n1. The highest BCUT2D eigenvalue weighted by Crippen LogP contribution is 2.16. The van der Waals surface area contributed by atoms with Gasteiger partial charge in [0.15, 0.2) is 16.6 Å². The van der Waals surface area contributed by atoms with Crippen molar-refractivity contribution in [2.45, 2.75) is 5.03 Å². The van der Waals surface area contributed by atoms with E-state index >= 15 is 0 Å². The van der Waals surface area contributed by atoms with Gasteiger partial charge in [0, 0.05) is 0 Å². The van der Waals surface area contributed by atoms with Crippen molar-refractivity contribution in [3.05, 3.63) is 22.6 Å². The molecule has 0 spiro atoms. The van der Waals surface area contributed by atoms with Crippen LogP contribution in [-0.4, -0.2) is 30.2 Å². The average Bonchev–Trinajstić information content (AvgIpc) is 2.07. The number of rotatable bonds is 3. The molecule has 0 aliphatic carbocycles. The molecular formula is C7H5BrFNO4S. The summed E-state index contributed by atoms with van der Waals surface area (Å²) >= 11 is 2.71. The van der Waals surface area contributed by atoms with Crippen molar-refractivity contribution in [1.82, 2.24) is 4.98 Å². The number of aromatic nitrogens is 1. The highest BCUT2D eigenvalue weighted by atomic mass is 79.9. The van der Waals surface area contributed by atoms with E-state index in [0.717, 1.165) is 12.1 Å². The molecule has 0 saturated heterocycles. The molecule has 1 heterocycles. The summed E-state index contributed by atoms with van der Waals surface area (Å²) in [6, 6.07) is 1.81. The summed E-state index contributed by atoms with van der Waals surface area (Å²) in [7, 11) is -4.01. The highest BCUT2D eigenvalue weighted by molar-refractivity contribution is 9.10. The Hall–Kier alpha value is -1.02. The molecule has 1 N–H and O–H groups in total. The number of carboxylic acid groups (broad SMARTS) is 1. The highest BCUT2D eigenvalue weighted by Gasteiger charge is 2.21. The van der Waals surface area contributed by atoms with E-state index in [0.29, 0.717) is 0 Å². The van der Waals surface area contributed by atoms with Gasteiger partial charge in [-0.1, -0.05) is 0 Å². The van der Waals surface area contributed by atoms with Crippen molar-refractivity contribution in [2.75, 3.05) is 5.75 Å². The third kappa shape index (κ3) is 2.96. The van der Waals surface area contributed by atoms with Gasteiger partial charge in [0.2, 0.25) is 9.84 Å². The van der Waals surface area contributed by atoms with Gasteiger partial charge in [-0.05, 0) is 28.1 Å². The number of hydrogen-bond donors (Lipinski definition) is 1. The van der Waals surface area contributed by atoms with E-state index < -0.39 is 32.4 Å². The second-order valence-corrected chi connectivity index (χ2v) is 5.26. The molecule has 8 heteroatoms. The number of hydrogen-bond acceptors (Lipinski definition) is 4. The fourth-order valence-corrected chi connectivity index (χ4v) is 2.23. The van der Waals surface area contributed by atoms with Crippen molar-refractivity contribution in [3.63, 3.8) is 0 Å². The lowest BCUT2D eigenvalue weighted by atomic mass is 10.5. The molecule has 15 heavy (non-hydrogen) atoms. The molecule has 0 amide bonds. The number of carbonyl (C=O) groups is 1. The Kier molecular flexibility index (Phi) is 3.40. The van der Waals surface area contributed by atoms with Crippen LogP contribution in [0.25, 0.3) is 0 Å².